The number of hydrogen-bond donors (Lipinski definition) is 0. The molecule has 0 bridgehead atoms. The molecule has 5 heteroatoms. The molecule has 0 N–H and O–H groups in total. The lowest BCUT2D eigenvalue weighted by molar-refractivity contribution is -0.134. The Morgan fingerprint density at radius 1 is 0.767 bits per heavy atom. The van der Waals surface area contributed by atoms with Crippen LogP contribution in [-0.2, 0) is 9.59 Å². The van der Waals surface area contributed by atoms with Gasteiger partial charge in [-0.1, -0.05) is 45.2 Å². The van der Waals surface area contributed by atoms with Crippen molar-refractivity contribution >= 4 is 18.0 Å². The van der Waals surface area contributed by atoms with E-state index in [0.717, 1.165) is 37.0 Å². The van der Waals surface area contributed by atoms with Gasteiger partial charge in [-0.25, -0.2) is 4.79 Å². The van der Waals surface area contributed by atoms with Crippen LogP contribution in [0.1, 0.15) is 57.9 Å². The van der Waals surface area contributed by atoms with E-state index in [2.05, 4.69) is 6.92 Å². The van der Waals surface area contributed by atoms with Crippen LogP contribution >= 0.6 is 0 Å². The molecule has 160 valence electrons. The van der Waals surface area contributed by atoms with Gasteiger partial charge in [-0.2, -0.15) is 0 Å². The van der Waals surface area contributed by atoms with Crippen molar-refractivity contribution in [1.82, 2.24) is 0 Å². The average molecular weight is 411 g/mol. The summed E-state index contributed by atoms with van der Waals surface area (Å²) in [5.41, 5.74) is 0.877. The van der Waals surface area contributed by atoms with Crippen LogP contribution in [0.4, 0.5) is 0 Å². The van der Waals surface area contributed by atoms with Crippen LogP contribution in [0.2, 0.25) is 0 Å². The highest BCUT2D eigenvalue weighted by Gasteiger charge is 2.06. The highest BCUT2D eigenvalue weighted by molar-refractivity contribution is 5.88. The standard InChI is InChI=1S/C25H30O5/c1-3-5-7-19-28-21-12-9-20(10-13-21)11-18-25(27)30-23-16-14-22(15-17-23)29-24(26)8-6-4-2/h9-18H,3-8,19H2,1-2H3/b18-11+. The highest BCUT2D eigenvalue weighted by Crippen LogP contribution is 2.19. The molecule has 0 amide bonds. The SMILES string of the molecule is CCCCCOc1ccc(/C=C/C(=O)Oc2ccc(OC(=O)CCCC)cc2)cc1. The van der Waals surface area contributed by atoms with Gasteiger partial charge < -0.3 is 14.2 Å². The molecule has 0 radical (unpaired) electrons. The molecule has 0 aliphatic heterocycles. The molecule has 0 aliphatic rings. The van der Waals surface area contributed by atoms with E-state index in [0.29, 0.717) is 24.5 Å². The molecule has 5 nitrogen and oxygen atoms in total. The molecular formula is C25H30O5. The molecule has 0 saturated heterocycles. The largest absolute Gasteiger partial charge is 0.494 e. The fraction of sp³-hybridized carbons (Fsp3) is 0.360. The summed E-state index contributed by atoms with van der Waals surface area (Å²) in [5.74, 6) is 0.892. The summed E-state index contributed by atoms with van der Waals surface area (Å²) < 4.78 is 16.2. The van der Waals surface area contributed by atoms with E-state index in [-0.39, 0.29) is 5.97 Å². The minimum absolute atomic E-state index is 0.262. The van der Waals surface area contributed by atoms with Crippen LogP contribution < -0.4 is 14.2 Å². The normalized spacial score (nSPS) is 10.7. The van der Waals surface area contributed by atoms with Gasteiger partial charge in [0.1, 0.15) is 17.2 Å². The Morgan fingerprint density at radius 2 is 1.37 bits per heavy atom. The Bertz CT molecular complexity index is 806. The highest BCUT2D eigenvalue weighted by atomic mass is 16.5. The Balaban J connectivity index is 1.79. The number of rotatable bonds is 12. The summed E-state index contributed by atoms with van der Waals surface area (Å²) in [5, 5.41) is 0. The second-order valence-electron chi connectivity index (χ2n) is 6.93. The van der Waals surface area contributed by atoms with E-state index in [1.54, 1.807) is 30.3 Å². The van der Waals surface area contributed by atoms with Gasteiger partial charge in [0.2, 0.25) is 0 Å². The molecule has 0 unspecified atom stereocenters. The molecule has 30 heavy (non-hydrogen) atoms. The molecule has 0 heterocycles. The van der Waals surface area contributed by atoms with Crippen molar-refractivity contribution in [3.8, 4) is 17.2 Å². The van der Waals surface area contributed by atoms with E-state index in [9.17, 15) is 9.59 Å². The van der Waals surface area contributed by atoms with Crippen molar-refractivity contribution in [2.24, 2.45) is 0 Å². The van der Waals surface area contributed by atoms with Crippen molar-refractivity contribution in [2.45, 2.75) is 52.4 Å². The molecule has 0 fully saturated rings. The van der Waals surface area contributed by atoms with Crippen LogP contribution in [0.15, 0.2) is 54.6 Å². The van der Waals surface area contributed by atoms with E-state index in [1.165, 1.54) is 12.5 Å². The summed E-state index contributed by atoms with van der Waals surface area (Å²) in [6, 6.07) is 14.0. The van der Waals surface area contributed by atoms with Gasteiger partial charge in [-0.3, -0.25) is 4.79 Å². The predicted molar refractivity (Wildman–Crippen MR) is 118 cm³/mol. The Labute approximate surface area is 178 Å². The van der Waals surface area contributed by atoms with E-state index >= 15 is 0 Å². The van der Waals surface area contributed by atoms with E-state index in [1.807, 2.05) is 31.2 Å². The van der Waals surface area contributed by atoms with E-state index < -0.39 is 5.97 Å². The van der Waals surface area contributed by atoms with Crippen LogP contribution in [0, 0.1) is 0 Å². The third kappa shape index (κ3) is 8.95. The summed E-state index contributed by atoms with van der Waals surface area (Å²) in [4.78, 5) is 23.6. The molecular weight excluding hydrogens is 380 g/mol. The maximum atomic E-state index is 12.0. The number of hydrogen-bond acceptors (Lipinski definition) is 5. The number of ether oxygens (including phenoxy) is 3. The molecule has 0 aromatic heterocycles. The summed E-state index contributed by atoms with van der Waals surface area (Å²) >= 11 is 0. The smallest absolute Gasteiger partial charge is 0.336 e. The zero-order chi connectivity index (χ0) is 21.6. The monoisotopic (exact) mass is 410 g/mol. The predicted octanol–water partition coefficient (Wildman–Crippen LogP) is 5.97. The summed E-state index contributed by atoms with van der Waals surface area (Å²) in [6.45, 7) is 4.89. The first kappa shape index (κ1) is 23.2. The molecule has 2 aromatic rings. The van der Waals surface area contributed by atoms with Crippen molar-refractivity contribution in [3.05, 3.63) is 60.2 Å². The van der Waals surface area contributed by atoms with Crippen molar-refractivity contribution in [1.29, 1.82) is 0 Å². The Hall–Kier alpha value is -3.08. The number of esters is 2. The van der Waals surface area contributed by atoms with Crippen molar-refractivity contribution in [2.75, 3.05) is 6.61 Å². The van der Waals surface area contributed by atoms with Gasteiger partial charge in [0.25, 0.3) is 0 Å². The Kier molecular flexibility index (Phi) is 10.2. The average Bonchev–Trinajstić information content (AvgIpc) is 2.76. The lowest BCUT2D eigenvalue weighted by Gasteiger charge is -2.06. The van der Waals surface area contributed by atoms with Gasteiger partial charge in [-0.05, 0) is 60.9 Å². The first-order chi connectivity index (χ1) is 14.6. The van der Waals surface area contributed by atoms with Crippen LogP contribution in [0.3, 0.4) is 0 Å². The van der Waals surface area contributed by atoms with Gasteiger partial charge in [0, 0.05) is 12.5 Å². The molecule has 2 rings (SSSR count). The fourth-order valence-corrected chi connectivity index (χ4v) is 2.61. The first-order valence-electron chi connectivity index (χ1n) is 10.5. The molecule has 0 aliphatic carbocycles. The van der Waals surface area contributed by atoms with E-state index in [4.69, 9.17) is 14.2 Å². The van der Waals surface area contributed by atoms with Crippen molar-refractivity contribution < 1.29 is 23.8 Å². The zero-order valence-corrected chi connectivity index (χ0v) is 17.8. The quantitative estimate of drug-likeness (QED) is 0.187. The van der Waals surface area contributed by atoms with Gasteiger partial charge >= 0.3 is 11.9 Å². The zero-order valence-electron chi connectivity index (χ0n) is 17.8. The summed E-state index contributed by atoms with van der Waals surface area (Å²) in [7, 11) is 0. The molecule has 0 spiro atoms. The van der Waals surface area contributed by atoms with Gasteiger partial charge in [0.15, 0.2) is 0 Å². The Morgan fingerprint density at radius 3 is 2.00 bits per heavy atom. The second kappa shape index (κ2) is 13.2. The maximum Gasteiger partial charge on any atom is 0.336 e. The molecule has 0 atom stereocenters. The number of unbranched alkanes of at least 4 members (excludes halogenated alkanes) is 3. The molecule has 0 saturated carbocycles. The first-order valence-corrected chi connectivity index (χ1v) is 10.5. The second-order valence-corrected chi connectivity index (χ2v) is 6.93. The lowest BCUT2D eigenvalue weighted by Crippen LogP contribution is -2.07. The number of carbonyl (C=O) groups is 2. The molecule has 2 aromatic carbocycles. The third-order valence-corrected chi connectivity index (χ3v) is 4.32. The fourth-order valence-electron chi connectivity index (χ4n) is 2.61. The van der Waals surface area contributed by atoms with Gasteiger partial charge in [-0.15, -0.1) is 0 Å². The maximum absolute atomic E-state index is 12.0. The number of benzene rings is 2. The minimum atomic E-state index is -0.484. The minimum Gasteiger partial charge on any atom is -0.494 e. The third-order valence-electron chi connectivity index (χ3n) is 4.32. The lowest BCUT2D eigenvalue weighted by atomic mass is 10.2. The van der Waals surface area contributed by atoms with Crippen LogP contribution in [-0.4, -0.2) is 18.5 Å². The number of carbonyl (C=O) groups excluding carboxylic acids is 2. The van der Waals surface area contributed by atoms with Crippen LogP contribution in [0.5, 0.6) is 17.2 Å². The van der Waals surface area contributed by atoms with Crippen LogP contribution in [0.25, 0.3) is 6.08 Å². The van der Waals surface area contributed by atoms with Gasteiger partial charge in [0.05, 0.1) is 6.61 Å². The summed E-state index contributed by atoms with van der Waals surface area (Å²) in [6.07, 6.45) is 8.57. The topological polar surface area (TPSA) is 61.8 Å². The van der Waals surface area contributed by atoms with Crippen molar-refractivity contribution in [3.63, 3.8) is 0 Å².